The molecule has 2 unspecified atom stereocenters. The van der Waals surface area contributed by atoms with Crippen LogP contribution in [0.25, 0.3) is 0 Å². The van der Waals surface area contributed by atoms with Crippen molar-refractivity contribution in [3.05, 3.63) is 0 Å². The van der Waals surface area contributed by atoms with E-state index in [1.54, 1.807) is 0 Å². The fourth-order valence-electron chi connectivity index (χ4n) is 0.375. The molecule has 0 aliphatic heterocycles. The van der Waals surface area contributed by atoms with Gasteiger partial charge in [-0.15, -0.1) is 0 Å². The van der Waals surface area contributed by atoms with Crippen molar-refractivity contribution >= 4 is 62.6 Å². The molecular formula is C4H5AsKO5. The van der Waals surface area contributed by atoms with E-state index < -0.39 is 17.4 Å². The predicted molar refractivity (Wildman–Crippen MR) is 35.0 cm³/mol. The van der Waals surface area contributed by atoms with Crippen LogP contribution in [0.15, 0.2) is 0 Å². The van der Waals surface area contributed by atoms with Gasteiger partial charge in [0.2, 0.25) is 0 Å². The van der Waals surface area contributed by atoms with Crippen LogP contribution in [0.1, 0.15) is 6.42 Å². The number of aliphatic hydroxyl groups excluding tert-OH is 1. The first-order valence-corrected chi connectivity index (χ1v) is 13.5. The summed E-state index contributed by atoms with van der Waals surface area (Å²) in [7, 11) is 0. The molecule has 2 atom stereocenters. The van der Waals surface area contributed by atoms with E-state index in [2.05, 4.69) is 3.73 Å². The Balaban J connectivity index is 3.82. The minimum absolute atomic E-state index is 0.0173. The molecule has 0 bridgehead atoms. The van der Waals surface area contributed by atoms with Crippen LogP contribution < -0.4 is 0 Å². The van der Waals surface area contributed by atoms with Crippen LogP contribution >= 0.6 is 0 Å². The molecule has 0 aliphatic carbocycles. The molecule has 0 aromatic heterocycles. The number of carbonyl (C=O) groups excluding carboxylic acids is 2. The fraction of sp³-hybridized carbons (Fsp3) is 0.500. The summed E-state index contributed by atoms with van der Waals surface area (Å²) in [5, 5.41) is 6.21. The molecule has 57 valence electrons. The van der Waals surface area contributed by atoms with Gasteiger partial charge in [-0.05, 0) is 0 Å². The minimum atomic E-state index is -2.56. The molecule has 0 aliphatic rings. The summed E-state index contributed by atoms with van der Waals surface area (Å²) in [6, 6.07) is 0. The third kappa shape index (κ3) is 6.27. The third-order valence-corrected chi connectivity index (χ3v) is 3.21. The number of aliphatic hydroxyl groups is 1. The standard InChI is InChI=1S/C4H5AsO5.K/c6-2-1-3(7)4(8)10-5-9;/h2-3,7H,1H2;. The number of aldehydes is 1. The Hall–Kier alpha value is 1.09. The first kappa shape index (κ1) is 12.1. The topological polar surface area (TPSA) is 80.7 Å². The van der Waals surface area contributed by atoms with E-state index in [0.29, 0.717) is 6.29 Å². The summed E-state index contributed by atoms with van der Waals surface area (Å²) in [5.74, 6) is -0.944. The van der Waals surface area contributed by atoms with Crippen molar-refractivity contribution in [2.24, 2.45) is 0 Å². The van der Waals surface area contributed by atoms with E-state index in [1.807, 2.05) is 0 Å². The van der Waals surface area contributed by atoms with E-state index >= 15 is 0 Å². The Kier molecular flexibility index (Phi) is 7.25. The second-order valence-corrected chi connectivity index (χ2v) is 9.92. The van der Waals surface area contributed by atoms with Gasteiger partial charge < -0.3 is 0 Å². The Morgan fingerprint density at radius 3 is 2.73 bits per heavy atom. The zero-order valence-corrected chi connectivity index (χ0v) is 10.9. The van der Waals surface area contributed by atoms with E-state index in [9.17, 15) is 13.3 Å². The van der Waals surface area contributed by atoms with E-state index in [-0.39, 0.29) is 51.5 Å². The van der Waals surface area contributed by atoms with Crippen LogP contribution in [0.5, 0.6) is 0 Å². The summed E-state index contributed by atoms with van der Waals surface area (Å²) in [6.45, 7) is 0. The summed E-state index contributed by atoms with van der Waals surface area (Å²) in [4.78, 5) is 20.4. The molecule has 0 aromatic carbocycles. The van der Waals surface area contributed by atoms with Crippen LogP contribution in [0.4, 0.5) is 0 Å². The molecule has 1 radical (unpaired) electrons. The second kappa shape index (κ2) is 6.59. The zero-order chi connectivity index (χ0) is 8.85. The van der Waals surface area contributed by atoms with Gasteiger partial charge in [0.15, 0.2) is 0 Å². The van der Waals surface area contributed by atoms with Crippen molar-refractivity contribution in [1.29, 1.82) is 0 Å². The molecule has 5 nitrogen and oxygen atoms in total. The van der Waals surface area contributed by atoms with Crippen LogP contribution in [0, 0.1) is 0 Å². The van der Waals surface area contributed by atoms with Crippen molar-refractivity contribution < 1.29 is 22.2 Å². The monoisotopic (exact) mass is 247 g/mol. The van der Waals surface area contributed by atoms with Gasteiger partial charge in [0, 0.05) is 0 Å². The van der Waals surface area contributed by atoms with Gasteiger partial charge in [-0.3, -0.25) is 0 Å². The van der Waals surface area contributed by atoms with Crippen molar-refractivity contribution in [3.63, 3.8) is 0 Å². The number of hydrogen-bond acceptors (Lipinski definition) is 5. The molecule has 0 aromatic rings. The molecule has 1 N–H and O–H groups in total. The summed E-state index contributed by atoms with van der Waals surface area (Å²) in [5.41, 5.74) is 0. The maximum absolute atomic E-state index is 10.6. The molecule has 0 fully saturated rings. The molecule has 0 saturated heterocycles. The molecule has 11 heavy (non-hydrogen) atoms. The Morgan fingerprint density at radius 1 is 1.82 bits per heavy atom. The van der Waals surface area contributed by atoms with Gasteiger partial charge in [0.1, 0.15) is 0 Å². The van der Waals surface area contributed by atoms with Gasteiger partial charge in [0.25, 0.3) is 0 Å². The van der Waals surface area contributed by atoms with E-state index in [4.69, 9.17) is 5.11 Å². The van der Waals surface area contributed by atoms with Gasteiger partial charge >= 0.3 is 97.3 Å². The molecular weight excluding hydrogens is 242 g/mol. The number of carbonyl (C=O) groups is 2. The number of rotatable bonds is 4. The molecule has 0 amide bonds. The molecule has 0 heterocycles. The Bertz CT molecular complexity index is 181. The predicted octanol–water partition coefficient (Wildman–Crippen LogP) is -1.94. The van der Waals surface area contributed by atoms with Crippen LogP contribution in [0.3, 0.4) is 0 Å². The van der Waals surface area contributed by atoms with Gasteiger partial charge in [0.05, 0.1) is 0 Å². The van der Waals surface area contributed by atoms with E-state index in [1.165, 1.54) is 0 Å². The average molecular weight is 247 g/mol. The summed E-state index contributed by atoms with van der Waals surface area (Å²) >= 11 is -0.0173. The Morgan fingerprint density at radius 2 is 2.36 bits per heavy atom. The van der Waals surface area contributed by atoms with Crippen molar-refractivity contribution in [1.82, 2.24) is 0 Å². The first-order valence-electron chi connectivity index (χ1n) is 2.82. The van der Waals surface area contributed by atoms with Gasteiger partial charge in [-0.25, -0.2) is 0 Å². The third-order valence-electron chi connectivity index (χ3n) is 0.810. The SMILES string of the molecule is O=CCC(O)C(=O)O[As](=O)[K]. The first-order chi connectivity index (χ1) is 5.07. The van der Waals surface area contributed by atoms with Crippen LogP contribution in [-0.2, 0) is 17.1 Å². The summed E-state index contributed by atoms with van der Waals surface area (Å²) < 4.78 is 14.7. The van der Waals surface area contributed by atoms with Gasteiger partial charge in [-0.1, -0.05) is 0 Å². The molecule has 0 rings (SSSR count). The molecule has 7 heteroatoms. The maximum atomic E-state index is 10.6. The van der Waals surface area contributed by atoms with Gasteiger partial charge in [-0.2, -0.15) is 0 Å². The van der Waals surface area contributed by atoms with Crippen LogP contribution in [-0.4, -0.2) is 73.8 Å². The Labute approximate surface area is 95.5 Å². The van der Waals surface area contributed by atoms with E-state index in [0.717, 1.165) is 0 Å². The molecule has 0 spiro atoms. The molecule has 0 saturated carbocycles. The quantitative estimate of drug-likeness (QED) is 0.462. The zero-order valence-electron chi connectivity index (χ0n) is 5.89. The summed E-state index contributed by atoms with van der Waals surface area (Å²) in [6.07, 6.45) is -1.33. The normalized spacial score (nSPS) is 13.5. The van der Waals surface area contributed by atoms with Crippen LogP contribution in [0.2, 0.25) is 0 Å². The van der Waals surface area contributed by atoms with Crippen molar-refractivity contribution in [2.75, 3.05) is 0 Å². The second-order valence-electron chi connectivity index (χ2n) is 1.77. The van der Waals surface area contributed by atoms with Crippen molar-refractivity contribution in [3.8, 4) is 0 Å². The fourth-order valence-corrected chi connectivity index (χ4v) is 2.62. The average Bonchev–Trinajstić information content (AvgIpc) is 1.86. The van der Waals surface area contributed by atoms with Crippen molar-refractivity contribution in [2.45, 2.75) is 12.5 Å². The number of hydrogen-bond donors (Lipinski definition) is 1.